The van der Waals surface area contributed by atoms with E-state index in [0.717, 1.165) is 24.0 Å². The van der Waals surface area contributed by atoms with Gasteiger partial charge in [-0.1, -0.05) is 73.8 Å². The van der Waals surface area contributed by atoms with Crippen LogP contribution in [0.5, 0.6) is 0 Å². The molecule has 4 nitrogen and oxygen atoms in total. The number of benzene rings is 2. The van der Waals surface area contributed by atoms with Crippen molar-refractivity contribution in [2.75, 3.05) is 12.3 Å². The fourth-order valence-electron chi connectivity index (χ4n) is 3.16. The number of thioether (sulfide) groups is 1. The summed E-state index contributed by atoms with van der Waals surface area (Å²) in [5.41, 5.74) is 1.93. The van der Waals surface area contributed by atoms with E-state index in [2.05, 4.69) is 12.2 Å². The molecule has 7 heteroatoms. The van der Waals surface area contributed by atoms with Crippen molar-refractivity contribution < 1.29 is 9.59 Å². The number of carbonyl (C=O) groups is 2. The Morgan fingerprint density at radius 3 is 2.42 bits per heavy atom. The van der Waals surface area contributed by atoms with Crippen LogP contribution in [0.1, 0.15) is 44.2 Å². The van der Waals surface area contributed by atoms with Crippen molar-refractivity contribution in [1.82, 2.24) is 10.2 Å². The number of rotatable bonds is 12. The molecule has 31 heavy (non-hydrogen) atoms. The summed E-state index contributed by atoms with van der Waals surface area (Å²) in [4.78, 5) is 27.7. The zero-order valence-electron chi connectivity index (χ0n) is 18.1. The highest BCUT2D eigenvalue weighted by Crippen LogP contribution is 2.22. The predicted molar refractivity (Wildman–Crippen MR) is 132 cm³/mol. The Morgan fingerprint density at radius 2 is 1.77 bits per heavy atom. The van der Waals surface area contributed by atoms with Gasteiger partial charge in [-0.25, -0.2) is 0 Å². The van der Waals surface area contributed by atoms with Gasteiger partial charge in [0.1, 0.15) is 6.04 Å². The van der Waals surface area contributed by atoms with Crippen LogP contribution in [0.15, 0.2) is 48.5 Å². The van der Waals surface area contributed by atoms with Crippen molar-refractivity contribution >= 4 is 46.8 Å². The molecule has 168 valence electrons. The second kappa shape index (κ2) is 13.7. The summed E-state index contributed by atoms with van der Waals surface area (Å²) in [7, 11) is 0. The molecule has 0 aromatic heterocycles. The smallest absolute Gasteiger partial charge is 0.242 e. The maximum atomic E-state index is 13.2. The number of amides is 2. The Kier molecular flexibility index (Phi) is 11.3. The van der Waals surface area contributed by atoms with E-state index < -0.39 is 6.04 Å². The van der Waals surface area contributed by atoms with Gasteiger partial charge in [-0.3, -0.25) is 9.59 Å². The van der Waals surface area contributed by atoms with Crippen LogP contribution in [0.4, 0.5) is 0 Å². The third-order valence-corrected chi connectivity index (χ3v) is 6.53. The average Bonchev–Trinajstić information content (AvgIpc) is 2.76. The molecular weight excluding hydrogens is 451 g/mol. The molecule has 0 bridgehead atoms. The van der Waals surface area contributed by atoms with Gasteiger partial charge in [0.25, 0.3) is 0 Å². The molecule has 2 rings (SSSR count). The van der Waals surface area contributed by atoms with Gasteiger partial charge in [0.15, 0.2) is 0 Å². The highest BCUT2D eigenvalue weighted by atomic mass is 35.5. The number of unbranched alkanes of at least 4 members (excludes halogenated alkanes) is 1. The molecule has 0 saturated heterocycles. The lowest BCUT2D eigenvalue weighted by atomic mass is 10.1. The Hall–Kier alpha value is -1.69. The maximum Gasteiger partial charge on any atom is 0.242 e. The van der Waals surface area contributed by atoms with Crippen LogP contribution in [-0.4, -0.2) is 35.1 Å². The standard InChI is InChI=1S/C24H30Cl2N2O2S/c1-3-5-14-27-24(30)22(4-2)28(15-19-8-6-7-9-21(19)26)23(29)17-31-16-18-10-12-20(25)13-11-18/h6-13,22H,3-5,14-17H2,1-2H3,(H,27,30)/t22-/m1/s1. The molecule has 0 radical (unpaired) electrons. The number of nitrogens with zero attached hydrogens (tertiary/aromatic N) is 1. The fraction of sp³-hybridized carbons (Fsp3) is 0.417. The van der Waals surface area contributed by atoms with Crippen LogP contribution >= 0.6 is 35.0 Å². The first-order valence-electron chi connectivity index (χ1n) is 10.6. The van der Waals surface area contributed by atoms with Gasteiger partial charge < -0.3 is 10.2 Å². The van der Waals surface area contributed by atoms with E-state index in [4.69, 9.17) is 23.2 Å². The summed E-state index contributed by atoms with van der Waals surface area (Å²) in [6, 6.07) is 14.5. The van der Waals surface area contributed by atoms with Gasteiger partial charge >= 0.3 is 0 Å². The molecule has 0 aliphatic rings. The lowest BCUT2D eigenvalue weighted by molar-refractivity contribution is -0.139. The summed E-state index contributed by atoms with van der Waals surface area (Å²) >= 11 is 13.8. The highest BCUT2D eigenvalue weighted by Gasteiger charge is 2.28. The third kappa shape index (κ3) is 8.40. The summed E-state index contributed by atoms with van der Waals surface area (Å²) in [6.07, 6.45) is 2.45. The first-order chi connectivity index (χ1) is 15.0. The number of hydrogen-bond acceptors (Lipinski definition) is 3. The van der Waals surface area contributed by atoms with E-state index in [1.807, 2.05) is 49.4 Å². The molecule has 1 atom stereocenters. The molecule has 0 heterocycles. The summed E-state index contributed by atoms with van der Waals surface area (Å²) in [5, 5.41) is 4.26. The maximum absolute atomic E-state index is 13.2. The lowest BCUT2D eigenvalue weighted by Crippen LogP contribution is -2.49. The van der Waals surface area contributed by atoms with Gasteiger partial charge in [0.2, 0.25) is 11.8 Å². The zero-order chi connectivity index (χ0) is 22.6. The second-order valence-electron chi connectivity index (χ2n) is 7.30. The molecular formula is C24H30Cl2N2O2S. The first-order valence-corrected chi connectivity index (χ1v) is 12.5. The Bertz CT molecular complexity index is 846. The monoisotopic (exact) mass is 480 g/mol. The third-order valence-electron chi connectivity index (χ3n) is 4.92. The summed E-state index contributed by atoms with van der Waals surface area (Å²) in [5.74, 6) is 0.796. The van der Waals surface area contributed by atoms with E-state index >= 15 is 0 Å². The van der Waals surface area contributed by atoms with Crippen molar-refractivity contribution in [3.8, 4) is 0 Å². The van der Waals surface area contributed by atoms with E-state index in [1.165, 1.54) is 11.8 Å². The van der Waals surface area contributed by atoms with Crippen LogP contribution in [0, 0.1) is 0 Å². The van der Waals surface area contributed by atoms with Crippen molar-refractivity contribution in [3.63, 3.8) is 0 Å². The Labute approximate surface area is 199 Å². The topological polar surface area (TPSA) is 49.4 Å². The molecule has 0 saturated carbocycles. The van der Waals surface area contributed by atoms with Crippen LogP contribution < -0.4 is 5.32 Å². The first kappa shape index (κ1) is 25.6. The van der Waals surface area contributed by atoms with Crippen molar-refractivity contribution in [2.24, 2.45) is 0 Å². The highest BCUT2D eigenvalue weighted by molar-refractivity contribution is 7.99. The Balaban J connectivity index is 2.10. The molecule has 0 aliphatic heterocycles. The van der Waals surface area contributed by atoms with Crippen LogP contribution in [0.25, 0.3) is 0 Å². The van der Waals surface area contributed by atoms with Gasteiger partial charge in [-0.15, -0.1) is 11.8 Å². The van der Waals surface area contributed by atoms with Crippen LogP contribution in [0.2, 0.25) is 10.0 Å². The molecule has 2 amide bonds. The summed E-state index contributed by atoms with van der Waals surface area (Å²) in [6.45, 7) is 4.93. The number of carbonyl (C=O) groups excluding carboxylic acids is 2. The van der Waals surface area contributed by atoms with Crippen molar-refractivity contribution in [1.29, 1.82) is 0 Å². The second-order valence-corrected chi connectivity index (χ2v) is 9.13. The number of halogens is 2. The van der Waals surface area contributed by atoms with Gasteiger partial charge in [0, 0.05) is 28.9 Å². The average molecular weight is 481 g/mol. The van der Waals surface area contributed by atoms with Crippen LogP contribution in [0.3, 0.4) is 0 Å². The van der Waals surface area contributed by atoms with Crippen molar-refractivity contribution in [3.05, 3.63) is 69.7 Å². The fourth-order valence-corrected chi connectivity index (χ4v) is 4.35. The van der Waals surface area contributed by atoms with Crippen molar-refractivity contribution in [2.45, 2.75) is 51.4 Å². The SMILES string of the molecule is CCCCNC(=O)[C@@H](CC)N(Cc1ccccc1Cl)C(=O)CSCc1ccc(Cl)cc1. The molecule has 1 N–H and O–H groups in total. The minimum absolute atomic E-state index is 0.0728. The predicted octanol–water partition coefficient (Wildman–Crippen LogP) is 5.95. The largest absolute Gasteiger partial charge is 0.354 e. The molecule has 0 spiro atoms. The molecule has 2 aromatic carbocycles. The summed E-state index contributed by atoms with van der Waals surface area (Å²) < 4.78 is 0. The van der Waals surface area contributed by atoms with Crippen LogP contribution in [-0.2, 0) is 21.9 Å². The molecule has 0 unspecified atom stereocenters. The number of hydrogen-bond donors (Lipinski definition) is 1. The molecule has 0 aliphatic carbocycles. The molecule has 2 aromatic rings. The van der Waals surface area contributed by atoms with E-state index in [0.29, 0.717) is 35.3 Å². The Morgan fingerprint density at radius 1 is 1.06 bits per heavy atom. The lowest BCUT2D eigenvalue weighted by Gasteiger charge is -2.31. The van der Waals surface area contributed by atoms with E-state index in [-0.39, 0.29) is 17.6 Å². The molecule has 0 fully saturated rings. The quantitative estimate of drug-likeness (QED) is 0.381. The minimum atomic E-state index is -0.531. The normalized spacial score (nSPS) is 11.7. The number of nitrogens with one attached hydrogen (secondary N) is 1. The van der Waals surface area contributed by atoms with Gasteiger partial charge in [0.05, 0.1) is 5.75 Å². The van der Waals surface area contributed by atoms with E-state index in [1.54, 1.807) is 11.0 Å². The van der Waals surface area contributed by atoms with E-state index in [9.17, 15) is 9.59 Å². The van der Waals surface area contributed by atoms with Gasteiger partial charge in [-0.2, -0.15) is 0 Å². The minimum Gasteiger partial charge on any atom is -0.354 e. The zero-order valence-corrected chi connectivity index (χ0v) is 20.4. The van der Waals surface area contributed by atoms with Gasteiger partial charge in [-0.05, 0) is 42.2 Å².